The zero-order valence-electron chi connectivity index (χ0n) is 34.3. The molecule has 300 valence electrons. The predicted octanol–water partition coefficient (Wildman–Crippen LogP) is 10.9. The summed E-state index contributed by atoms with van der Waals surface area (Å²) in [6.45, 7) is 11.6. The second-order valence-electron chi connectivity index (χ2n) is 18.3. The number of esters is 3. The lowest BCUT2D eigenvalue weighted by atomic mass is 9.43. The lowest BCUT2D eigenvalue weighted by molar-refractivity contribution is -0.225. The van der Waals surface area contributed by atoms with E-state index in [0.717, 1.165) is 77.0 Å². The first-order valence-electron chi connectivity index (χ1n) is 22.1. The fourth-order valence-corrected chi connectivity index (χ4v) is 11.9. The summed E-state index contributed by atoms with van der Waals surface area (Å²) in [5, 5.41) is 10.9. The van der Waals surface area contributed by atoms with Gasteiger partial charge in [-0.2, -0.15) is 0 Å². The van der Waals surface area contributed by atoms with Crippen LogP contribution in [-0.2, 0) is 28.6 Å². The fraction of sp³-hybridized carbons (Fsp3) is 0.933. The Balaban J connectivity index is 1.55. The summed E-state index contributed by atoms with van der Waals surface area (Å²) in [7, 11) is 1.46. The maximum Gasteiger partial charge on any atom is 0.306 e. The molecule has 0 aromatic rings. The monoisotopic (exact) mass is 731 g/mol. The molecule has 0 radical (unpaired) electrons. The van der Waals surface area contributed by atoms with Crippen LogP contribution in [0.1, 0.15) is 195 Å². The fourth-order valence-electron chi connectivity index (χ4n) is 11.9. The third-order valence-electron chi connectivity index (χ3n) is 15.0. The van der Waals surface area contributed by atoms with E-state index in [2.05, 4.69) is 34.6 Å². The summed E-state index contributed by atoms with van der Waals surface area (Å²) in [5.74, 6) is 1.25. The van der Waals surface area contributed by atoms with Gasteiger partial charge >= 0.3 is 17.9 Å². The summed E-state index contributed by atoms with van der Waals surface area (Å²) in [4.78, 5) is 39.5. The number of hydrogen-bond acceptors (Lipinski definition) is 7. The van der Waals surface area contributed by atoms with E-state index >= 15 is 0 Å². The van der Waals surface area contributed by atoms with Crippen molar-refractivity contribution >= 4 is 17.9 Å². The number of fused-ring (bicyclic) bond motifs is 5. The molecule has 0 saturated heterocycles. The topological polar surface area (TPSA) is 99.1 Å². The van der Waals surface area contributed by atoms with Crippen LogP contribution < -0.4 is 0 Å². The van der Waals surface area contributed by atoms with Crippen LogP contribution in [0, 0.1) is 46.3 Å². The molecule has 4 fully saturated rings. The van der Waals surface area contributed by atoms with Crippen molar-refractivity contribution in [1.82, 2.24) is 0 Å². The molecule has 0 heterocycles. The summed E-state index contributed by atoms with van der Waals surface area (Å²) in [6, 6.07) is 0. The van der Waals surface area contributed by atoms with E-state index in [1.165, 1.54) is 71.3 Å². The Morgan fingerprint density at radius 3 is 1.87 bits per heavy atom. The molecule has 0 aromatic heterocycles. The minimum Gasteiger partial charge on any atom is -0.469 e. The summed E-state index contributed by atoms with van der Waals surface area (Å²) in [6.07, 6.45) is 23.8. The Hall–Kier alpha value is -1.63. The molecule has 7 heteroatoms. The van der Waals surface area contributed by atoms with E-state index in [1.54, 1.807) is 0 Å². The van der Waals surface area contributed by atoms with Gasteiger partial charge in [0.05, 0.1) is 13.2 Å². The molecule has 0 spiro atoms. The standard InChI is InChI=1S/C45H78O7/c1-7-9-11-13-15-17-19-21-41(48)51-38-30-33-29-34(46)27-28-44(33,4)37-31-39(52-42(49)22-20-18-16-14-12-10-8-2)45(5)35(24-25-36(45)43(37)38)32(3)23-26-40(47)50-6/h32-39,43,46H,7-31H2,1-6H3/t32-,33+,34-,35-,36+,37+,38-,39+,43+,44+,45-/m1/s1. The molecule has 0 aromatic carbocycles. The van der Waals surface area contributed by atoms with Gasteiger partial charge in [-0.3, -0.25) is 14.4 Å². The van der Waals surface area contributed by atoms with E-state index in [0.29, 0.717) is 25.2 Å². The van der Waals surface area contributed by atoms with Gasteiger partial charge in [0.2, 0.25) is 0 Å². The van der Waals surface area contributed by atoms with Gasteiger partial charge in [0, 0.05) is 30.6 Å². The van der Waals surface area contributed by atoms with Crippen molar-refractivity contribution in [3.63, 3.8) is 0 Å². The molecule has 52 heavy (non-hydrogen) atoms. The first-order chi connectivity index (χ1) is 25.0. The number of rotatable bonds is 22. The number of hydrogen-bond donors (Lipinski definition) is 1. The first kappa shape index (κ1) is 43.1. The summed E-state index contributed by atoms with van der Waals surface area (Å²) >= 11 is 0. The van der Waals surface area contributed by atoms with Gasteiger partial charge in [0.25, 0.3) is 0 Å². The van der Waals surface area contributed by atoms with Crippen LogP contribution in [0.3, 0.4) is 0 Å². The number of carbonyl (C=O) groups is 3. The lowest BCUT2D eigenvalue weighted by Gasteiger charge is -2.64. The highest BCUT2D eigenvalue weighted by atomic mass is 16.6. The molecule has 4 rings (SSSR count). The molecule has 4 aliphatic carbocycles. The smallest absolute Gasteiger partial charge is 0.306 e. The Morgan fingerprint density at radius 1 is 0.692 bits per heavy atom. The maximum absolute atomic E-state index is 13.7. The van der Waals surface area contributed by atoms with E-state index in [4.69, 9.17) is 14.2 Å². The van der Waals surface area contributed by atoms with Crippen molar-refractivity contribution in [3.05, 3.63) is 0 Å². The molecule has 1 N–H and O–H groups in total. The van der Waals surface area contributed by atoms with Crippen LogP contribution in [-0.4, -0.2) is 48.4 Å². The molecule has 0 unspecified atom stereocenters. The van der Waals surface area contributed by atoms with Crippen LogP contribution in [0.25, 0.3) is 0 Å². The van der Waals surface area contributed by atoms with E-state index < -0.39 is 0 Å². The second-order valence-corrected chi connectivity index (χ2v) is 18.3. The molecular formula is C45H78O7. The largest absolute Gasteiger partial charge is 0.469 e. The molecule has 7 nitrogen and oxygen atoms in total. The minimum atomic E-state index is -0.311. The number of ether oxygens (including phenoxy) is 3. The number of unbranched alkanes of at least 4 members (excludes halogenated alkanes) is 12. The molecule has 0 aliphatic heterocycles. The van der Waals surface area contributed by atoms with Gasteiger partial charge in [-0.25, -0.2) is 0 Å². The average Bonchev–Trinajstić information content (AvgIpc) is 3.48. The Labute approximate surface area is 317 Å². The van der Waals surface area contributed by atoms with E-state index in [-0.39, 0.29) is 76.6 Å². The minimum absolute atomic E-state index is 0.00432. The normalized spacial score (nSPS) is 34.4. The molecule has 0 bridgehead atoms. The highest BCUT2D eigenvalue weighted by Gasteiger charge is 2.67. The lowest BCUT2D eigenvalue weighted by Crippen LogP contribution is -2.63. The van der Waals surface area contributed by atoms with E-state index in [9.17, 15) is 19.5 Å². The van der Waals surface area contributed by atoms with Crippen molar-refractivity contribution in [2.75, 3.05) is 7.11 Å². The van der Waals surface area contributed by atoms with Gasteiger partial charge in [-0.05, 0) is 99.2 Å². The van der Waals surface area contributed by atoms with Crippen molar-refractivity contribution in [2.24, 2.45) is 46.3 Å². The maximum atomic E-state index is 13.7. The van der Waals surface area contributed by atoms with Crippen molar-refractivity contribution < 1.29 is 33.7 Å². The molecule has 11 atom stereocenters. The zero-order valence-corrected chi connectivity index (χ0v) is 34.3. The van der Waals surface area contributed by atoms with Crippen LogP contribution in [0.15, 0.2) is 0 Å². The van der Waals surface area contributed by atoms with Gasteiger partial charge < -0.3 is 19.3 Å². The van der Waals surface area contributed by atoms with Gasteiger partial charge in [-0.15, -0.1) is 0 Å². The van der Waals surface area contributed by atoms with Gasteiger partial charge in [0.15, 0.2) is 0 Å². The number of aliphatic hydroxyl groups is 1. The Morgan fingerprint density at radius 2 is 1.27 bits per heavy atom. The van der Waals surface area contributed by atoms with E-state index in [1.807, 2.05) is 0 Å². The van der Waals surface area contributed by atoms with Gasteiger partial charge in [0.1, 0.15) is 12.2 Å². The zero-order chi connectivity index (χ0) is 37.7. The first-order valence-corrected chi connectivity index (χ1v) is 22.1. The average molecular weight is 731 g/mol. The molecule has 4 saturated carbocycles. The van der Waals surface area contributed by atoms with Crippen LogP contribution in [0.2, 0.25) is 0 Å². The third kappa shape index (κ3) is 10.8. The number of methoxy groups -OCH3 is 1. The van der Waals surface area contributed by atoms with Crippen LogP contribution in [0.4, 0.5) is 0 Å². The van der Waals surface area contributed by atoms with Crippen LogP contribution >= 0.6 is 0 Å². The summed E-state index contributed by atoms with van der Waals surface area (Å²) in [5.41, 5.74) is -0.266. The Bertz CT molecular complexity index is 1110. The van der Waals surface area contributed by atoms with Gasteiger partial charge in [-0.1, -0.05) is 112 Å². The number of carbonyl (C=O) groups excluding carboxylic acids is 3. The second kappa shape index (κ2) is 20.9. The molecular weight excluding hydrogens is 652 g/mol. The summed E-state index contributed by atoms with van der Waals surface area (Å²) < 4.78 is 18.3. The molecule has 4 aliphatic rings. The third-order valence-corrected chi connectivity index (χ3v) is 15.0. The highest BCUT2D eigenvalue weighted by molar-refractivity contribution is 5.70. The molecule has 0 amide bonds. The van der Waals surface area contributed by atoms with Crippen molar-refractivity contribution in [2.45, 2.75) is 213 Å². The van der Waals surface area contributed by atoms with Crippen molar-refractivity contribution in [3.8, 4) is 0 Å². The Kier molecular flexibility index (Phi) is 17.3. The van der Waals surface area contributed by atoms with Crippen LogP contribution in [0.5, 0.6) is 0 Å². The van der Waals surface area contributed by atoms with Crippen molar-refractivity contribution in [1.29, 1.82) is 0 Å². The SMILES string of the molecule is CCCCCCCCCC(=O)O[C@H]1C[C@H]2[C@@H]([C@H](OC(=O)CCCCCCCCC)C[C@@H]3C[C@H](O)CC[C@@]32C)[C@@H]2CC[C@H]([C@H](C)CCC(=O)OC)[C@@]12C. The quantitative estimate of drug-likeness (QED) is 0.0672. The number of aliphatic hydroxyl groups excluding tert-OH is 1. The predicted molar refractivity (Wildman–Crippen MR) is 207 cm³/mol. The highest BCUT2D eigenvalue weighted by Crippen LogP contribution is 2.69.